The molecule has 0 saturated heterocycles. The molecule has 0 aromatic heterocycles. The molecule has 0 radical (unpaired) electrons. The number of carbonyl (C=O) groups is 1. The Hall–Kier alpha value is -2.89. The fourth-order valence-electron chi connectivity index (χ4n) is 2.01. The Balaban J connectivity index is 2.35. The number of nitrogens with zero attached hydrogens (tertiary/aromatic N) is 1. The van der Waals surface area contributed by atoms with Crippen molar-refractivity contribution in [1.29, 1.82) is 0 Å². The number of rotatable bonds is 3. The third-order valence-electron chi connectivity index (χ3n) is 3.15. The monoisotopic (exact) mass is 286 g/mol. The number of aromatic hydroxyl groups is 1. The molecule has 21 heavy (non-hydrogen) atoms. The van der Waals surface area contributed by atoms with Gasteiger partial charge in [0.2, 0.25) is 0 Å². The van der Waals surface area contributed by atoms with Crippen molar-refractivity contribution in [2.24, 2.45) is 0 Å². The summed E-state index contributed by atoms with van der Waals surface area (Å²) in [7, 11) is 0. The number of phenolic OH excluding ortho intramolecular Hbond substituents is 1. The number of carbonyl (C=O) groups excluding carboxylic acids is 1. The molecule has 2 aromatic rings. The summed E-state index contributed by atoms with van der Waals surface area (Å²) in [4.78, 5) is 22.6. The van der Waals surface area contributed by atoms with E-state index in [1.165, 1.54) is 31.2 Å². The van der Waals surface area contributed by atoms with E-state index in [4.69, 9.17) is 0 Å². The lowest BCUT2D eigenvalue weighted by molar-refractivity contribution is -0.385. The van der Waals surface area contributed by atoms with Crippen molar-refractivity contribution in [3.05, 3.63) is 63.2 Å². The summed E-state index contributed by atoms with van der Waals surface area (Å²) in [5, 5.41) is 23.2. The van der Waals surface area contributed by atoms with Crippen LogP contribution in [0.3, 0.4) is 0 Å². The standard InChI is InChI=1S/C15H14N2O4/c1-9-6-7-14(18)12(8-9)16-15(19)11-4-3-5-13(10(11)2)17(20)21/h3-8,18H,1-2H3,(H,16,19). The van der Waals surface area contributed by atoms with Gasteiger partial charge in [0.05, 0.1) is 10.6 Å². The highest BCUT2D eigenvalue weighted by Crippen LogP contribution is 2.26. The van der Waals surface area contributed by atoms with Gasteiger partial charge in [0.25, 0.3) is 11.6 Å². The zero-order valence-corrected chi connectivity index (χ0v) is 11.6. The van der Waals surface area contributed by atoms with E-state index in [1.54, 1.807) is 12.1 Å². The quantitative estimate of drug-likeness (QED) is 0.515. The zero-order chi connectivity index (χ0) is 15.6. The molecule has 0 saturated carbocycles. The molecule has 0 unspecified atom stereocenters. The number of phenols is 1. The summed E-state index contributed by atoms with van der Waals surface area (Å²) >= 11 is 0. The maximum atomic E-state index is 12.2. The molecule has 2 N–H and O–H groups in total. The first kappa shape index (κ1) is 14.5. The number of nitro benzene ring substituents is 1. The normalized spacial score (nSPS) is 10.2. The molecule has 0 bridgehead atoms. The second-order valence-corrected chi connectivity index (χ2v) is 4.68. The van der Waals surface area contributed by atoms with Crippen molar-refractivity contribution in [3.8, 4) is 5.75 Å². The van der Waals surface area contributed by atoms with Crippen LogP contribution in [0.5, 0.6) is 5.75 Å². The Kier molecular flexibility index (Phi) is 3.89. The highest BCUT2D eigenvalue weighted by Gasteiger charge is 2.18. The molecule has 0 aliphatic carbocycles. The van der Waals surface area contributed by atoms with Crippen molar-refractivity contribution in [1.82, 2.24) is 0 Å². The lowest BCUT2D eigenvalue weighted by Crippen LogP contribution is -2.14. The van der Waals surface area contributed by atoms with Gasteiger partial charge < -0.3 is 10.4 Å². The first-order valence-corrected chi connectivity index (χ1v) is 6.25. The average Bonchev–Trinajstić information content (AvgIpc) is 2.42. The van der Waals surface area contributed by atoms with Gasteiger partial charge >= 0.3 is 0 Å². The topological polar surface area (TPSA) is 92.5 Å². The van der Waals surface area contributed by atoms with Gasteiger partial charge in [-0.25, -0.2) is 0 Å². The molecule has 2 aromatic carbocycles. The first-order chi connectivity index (χ1) is 9.90. The van der Waals surface area contributed by atoms with Crippen LogP contribution in [-0.2, 0) is 0 Å². The fraction of sp³-hybridized carbons (Fsp3) is 0.133. The van der Waals surface area contributed by atoms with Gasteiger partial charge in [-0.15, -0.1) is 0 Å². The van der Waals surface area contributed by atoms with Crippen LogP contribution in [0.2, 0.25) is 0 Å². The van der Waals surface area contributed by atoms with E-state index in [0.29, 0.717) is 0 Å². The summed E-state index contributed by atoms with van der Waals surface area (Å²) in [5.74, 6) is -0.561. The van der Waals surface area contributed by atoms with Gasteiger partial charge in [-0.1, -0.05) is 12.1 Å². The van der Waals surface area contributed by atoms with Crippen LogP contribution in [0.15, 0.2) is 36.4 Å². The second kappa shape index (κ2) is 5.62. The molecule has 0 atom stereocenters. The van der Waals surface area contributed by atoms with Crippen LogP contribution < -0.4 is 5.32 Å². The Bertz CT molecular complexity index is 726. The zero-order valence-electron chi connectivity index (χ0n) is 11.6. The molecular weight excluding hydrogens is 272 g/mol. The molecule has 108 valence electrons. The minimum atomic E-state index is -0.531. The van der Waals surface area contributed by atoms with E-state index >= 15 is 0 Å². The second-order valence-electron chi connectivity index (χ2n) is 4.68. The van der Waals surface area contributed by atoms with Crippen LogP contribution in [0.1, 0.15) is 21.5 Å². The maximum Gasteiger partial charge on any atom is 0.273 e. The van der Waals surface area contributed by atoms with Crippen molar-refractivity contribution in [3.63, 3.8) is 0 Å². The molecule has 2 rings (SSSR count). The van der Waals surface area contributed by atoms with Crippen LogP contribution >= 0.6 is 0 Å². The first-order valence-electron chi connectivity index (χ1n) is 6.25. The highest BCUT2D eigenvalue weighted by molar-refractivity contribution is 6.06. The number of benzene rings is 2. The summed E-state index contributed by atoms with van der Waals surface area (Å²) in [6, 6.07) is 9.12. The van der Waals surface area contributed by atoms with E-state index in [9.17, 15) is 20.0 Å². The third kappa shape index (κ3) is 3.00. The predicted molar refractivity (Wildman–Crippen MR) is 78.6 cm³/mol. The van der Waals surface area contributed by atoms with Gasteiger partial charge in [0, 0.05) is 17.2 Å². The number of nitrogens with one attached hydrogen (secondary N) is 1. The number of nitro groups is 1. The summed E-state index contributed by atoms with van der Waals surface area (Å²) in [6.45, 7) is 3.34. The van der Waals surface area contributed by atoms with Crippen LogP contribution in [0.25, 0.3) is 0 Å². The Morgan fingerprint density at radius 3 is 2.62 bits per heavy atom. The SMILES string of the molecule is Cc1ccc(O)c(NC(=O)c2cccc([N+](=O)[O-])c2C)c1. The Labute approximate surface area is 121 Å². The molecule has 1 amide bonds. The number of aryl methyl sites for hydroxylation is 1. The predicted octanol–water partition coefficient (Wildman–Crippen LogP) is 3.17. The summed E-state index contributed by atoms with van der Waals surface area (Å²) in [5.41, 5.74) is 1.51. The molecule has 0 aliphatic heterocycles. The summed E-state index contributed by atoms with van der Waals surface area (Å²) < 4.78 is 0. The smallest absolute Gasteiger partial charge is 0.273 e. The van der Waals surface area contributed by atoms with Gasteiger partial charge in [0.1, 0.15) is 5.75 Å². The number of amides is 1. The lowest BCUT2D eigenvalue weighted by atomic mass is 10.1. The molecule has 0 heterocycles. The van der Waals surface area contributed by atoms with E-state index in [-0.39, 0.29) is 28.3 Å². The number of hydrogen-bond acceptors (Lipinski definition) is 4. The molecule has 6 nitrogen and oxygen atoms in total. The summed E-state index contributed by atoms with van der Waals surface area (Å²) in [6.07, 6.45) is 0. The van der Waals surface area contributed by atoms with Crippen molar-refractivity contribution in [2.75, 3.05) is 5.32 Å². The average molecular weight is 286 g/mol. The van der Waals surface area contributed by atoms with E-state index in [1.807, 2.05) is 6.92 Å². The fourth-order valence-corrected chi connectivity index (χ4v) is 2.01. The molecule has 0 fully saturated rings. The highest BCUT2D eigenvalue weighted by atomic mass is 16.6. The minimum Gasteiger partial charge on any atom is -0.506 e. The molecular formula is C15H14N2O4. The third-order valence-corrected chi connectivity index (χ3v) is 3.15. The Morgan fingerprint density at radius 2 is 1.95 bits per heavy atom. The molecule has 0 aliphatic rings. The van der Waals surface area contributed by atoms with Gasteiger partial charge in [0.15, 0.2) is 0 Å². The van der Waals surface area contributed by atoms with Gasteiger partial charge in [-0.2, -0.15) is 0 Å². The van der Waals surface area contributed by atoms with E-state index in [0.717, 1.165) is 5.56 Å². The molecule has 6 heteroatoms. The van der Waals surface area contributed by atoms with E-state index in [2.05, 4.69) is 5.32 Å². The lowest BCUT2D eigenvalue weighted by Gasteiger charge is -2.10. The van der Waals surface area contributed by atoms with Crippen molar-refractivity contribution >= 4 is 17.3 Å². The van der Waals surface area contributed by atoms with Crippen molar-refractivity contribution < 1.29 is 14.8 Å². The van der Waals surface area contributed by atoms with Crippen molar-refractivity contribution in [2.45, 2.75) is 13.8 Å². The van der Waals surface area contributed by atoms with Crippen LogP contribution in [0, 0.1) is 24.0 Å². The molecule has 0 spiro atoms. The van der Waals surface area contributed by atoms with Crippen LogP contribution in [-0.4, -0.2) is 15.9 Å². The maximum absolute atomic E-state index is 12.2. The van der Waals surface area contributed by atoms with Gasteiger partial charge in [-0.3, -0.25) is 14.9 Å². The minimum absolute atomic E-state index is 0.0583. The van der Waals surface area contributed by atoms with E-state index < -0.39 is 10.8 Å². The number of hydrogen-bond donors (Lipinski definition) is 2. The van der Waals surface area contributed by atoms with Crippen LogP contribution in [0.4, 0.5) is 11.4 Å². The largest absolute Gasteiger partial charge is 0.506 e. The Morgan fingerprint density at radius 1 is 1.24 bits per heavy atom. The van der Waals surface area contributed by atoms with Gasteiger partial charge in [-0.05, 0) is 37.6 Å². The number of anilines is 1.